The van der Waals surface area contributed by atoms with Crippen LogP contribution >= 0.6 is 0 Å². The maximum Gasteiger partial charge on any atom is 0.0616 e. The van der Waals surface area contributed by atoms with Crippen LogP contribution in [0.5, 0.6) is 0 Å². The molecule has 3 unspecified atom stereocenters. The minimum Gasteiger partial charge on any atom is -0.378 e. The first-order valence-corrected chi connectivity index (χ1v) is 7.50. The lowest BCUT2D eigenvalue weighted by atomic mass is 9.87. The molecule has 106 valence electrons. The van der Waals surface area contributed by atoms with Crippen LogP contribution in [0.2, 0.25) is 0 Å². The average molecular weight is 261 g/mol. The zero-order valence-electron chi connectivity index (χ0n) is 12.7. The fourth-order valence-corrected chi connectivity index (χ4v) is 3.20. The van der Waals surface area contributed by atoms with Gasteiger partial charge in [-0.25, -0.2) is 0 Å². The van der Waals surface area contributed by atoms with Gasteiger partial charge in [-0.2, -0.15) is 0 Å². The Bertz CT molecular complexity index is 416. The topological polar surface area (TPSA) is 21.3 Å². The maximum absolute atomic E-state index is 5.84. The van der Waals surface area contributed by atoms with Gasteiger partial charge < -0.3 is 10.1 Å². The zero-order valence-corrected chi connectivity index (χ0v) is 12.7. The smallest absolute Gasteiger partial charge is 0.0616 e. The maximum atomic E-state index is 5.84. The molecule has 0 radical (unpaired) electrons. The molecule has 0 aromatic heterocycles. The van der Waals surface area contributed by atoms with Crippen LogP contribution in [0.15, 0.2) is 18.2 Å². The second-order valence-corrected chi connectivity index (χ2v) is 5.79. The summed E-state index contributed by atoms with van der Waals surface area (Å²) in [6.07, 6.45) is 3.84. The monoisotopic (exact) mass is 261 g/mol. The van der Waals surface area contributed by atoms with E-state index in [2.05, 4.69) is 51.3 Å². The molecule has 1 aromatic carbocycles. The molecule has 0 spiro atoms. The van der Waals surface area contributed by atoms with Gasteiger partial charge in [0.05, 0.1) is 6.10 Å². The van der Waals surface area contributed by atoms with Gasteiger partial charge in [0.1, 0.15) is 0 Å². The van der Waals surface area contributed by atoms with Crippen LogP contribution in [0.3, 0.4) is 0 Å². The first-order valence-electron chi connectivity index (χ1n) is 7.50. The molecule has 0 saturated carbocycles. The Kier molecular flexibility index (Phi) is 5.00. The molecular formula is C17H27NO. The number of likely N-dealkylation sites (N-methyl/N-ethyl adjacent to an activating group) is 1. The summed E-state index contributed by atoms with van der Waals surface area (Å²) in [6, 6.07) is 7.36. The highest BCUT2D eigenvalue weighted by molar-refractivity contribution is 5.30. The molecule has 1 fully saturated rings. The minimum absolute atomic E-state index is 0.434. The molecule has 1 heterocycles. The Morgan fingerprint density at radius 2 is 2.11 bits per heavy atom. The summed E-state index contributed by atoms with van der Waals surface area (Å²) in [5.74, 6) is 0.650. The molecule has 1 aromatic rings. The Hall–Kier alpha value is -0.860. The molecule has 0 aliphatic carbocycles. The van der Waals surface area contributed by atoms with Gasteiger partial charge in [0.15, 0.2) is 0 Å². The molecule has 1 aliphatic rings. The van der Waals surface area contributed by atoms with E-state index in [1.807, 2.05) is 0 Å². The highest BCUT2D eigenvalue weighted by Crippen LogP contribution is 2.28. The summed E-state index contributed by atoms with van der Waals surface area (Å²) in [4.78, 5) is 0. The molecule has 2 rings (SSSR count). The van der Waals surface area contributed by atoms with E-state index < -0.39 is 0 Å². The fraction of sp³-hybridized carbons (Fsp3) is 0.647. The van der Waals surface area contributed by atoms with E-state index in [0.717, 1.165) is 19.4 Å². The van der Waals surface area contributed by atoms with Gasteiger partial charge in [0.2, 0.25) is 0 Å². The van der Waals surface area contributed by atoms with Crippen molar-refractivity contribution in [3.05, 3.63) is 34.9 Å². The number of benzene rings is 1. The summed E-state index contributed by atoms with van der Waals surface area (Å²) in [5.41, 5.74) is 4.20. The Morgan fingerprint density at radius 3 is 2.74 bits per heavy atom. The quantitative estimate of drug-likeness (QED) is 0.878. The van der Waals surface area contributed by atoms with Crippen molar-refractivity contribution < 1.29 is 4.74 Å². The van der Waals surface area contributed by atoms with E-state index in [-0.39, 0.29) is 0 Å². The summed E-state index contributed by atoms with van der Waals surface area (Å²) in [7, 11) is 2.08. The normalized spacial score (nSPS) is 24.6. The van der Waals surface area contributed by atoms with Crippen LogP contribution in [0.4, 0.5) is 0 Å². The number of ether oxygens (including phenoxy) is 1. The van der Waals surface area contributed by atoms with Crippen molar-refractivity contribution in [2.45, 2.75) is 52.2 Å². The molecule has 3 atom stereocenters. The summed E-state index contributed by atoms with van der Waals surface area (Å²) in [6.45, 7) is 7.52. The second kappa shape index (κ2) is 6.53. The highest BCUT2D eigenvalue weighted by Gasteiger charge is 2.32. The first kappa shape index (κ1) is 14.5. The molecule has 0 bridgehead atoms. The predicted molar refractivity (Wildman–Crippen MR) is 80.6 cm³/mol. The van der Waals surface area contributed by atoms with E-state index in [1.54, 1.807) is 0 Å². The molecule has 2 heteroatoms. The van der Waals surface area contributed by atoms with Gasteiger partial charge in [-0.3, -0.25) is 0 Å². The molecule has 1 saturated heterocycles. The third-order valence-electron chi connectivity index (χ3n) is 4.58. The first-order chi connectivity index (χ1) is 9.15. The SMILES string of the molecule is CCC1OCCC1C(Cc1ccc(C)c(C)c1)NC. The molecular weight excluding hydrogens is 234 g/mol. The van der Waals surface area contributed by atoms with E-state index in [9.17, 15) is 0 Å². The molecule has 1 N–H and O–H groups in total. The van der Waals surface area contributed by atoms with Crippen LogP contribution in [0.1, 0.15) is 36.5 Å². The van der Waals surface area contributed by atoms with Crippen molar-refractivity contribution >= 4 is 0 Å². The van der Waals surface area contributed by atoms with E-state index >= 15 is 0 Å². The Morgan fingerprint density at radius 1 is 1.32 bits per heavy atom. The van der Waals surface area contributed by atoms with E-state index in [1.165, 1.54) is 23.1 Å². The van der Waals surface area contributed by atoms with Crippen molar-refractivity contribution in [1.82, 2.24) is 5.32 Å². The molecule has 1 aliphatic heterocycles. The Balaban J connectivity index is 2.08. The highest BCUT2D eigenvalue weighted by atomic mass is 16.5. The minimum atomic E-state index is 0.434. The second-order valence-electron chi connectivity index (χ2n) is 5.79. The van der Waals surface area contributed by atoms with Gasteiger partial charge in [-0.1, -0.05) is 25.1 Å². The lowest BCUT2D eigenvalue weighted by molar-refractivity contribution is 0.0783. The van der Waals surface area contributed by atoms with Gasteiger partial charge >= 0.3 is 0 Å². The van der Waals surface area contributed by atoms with Crippen LogP contribution in [0.25, 0.3) is 0 Å². The molecule has 0 amide bonds. The molecule has 2 nitrogen and oxygen atoms in total. The number of hydrogen-bond acceptors (Lipinski definition) is 2. The van der Waals surface area contributed by atoms with Gasteiger partial charge in [0, 0.05) is 18.6 Å². The standard InChI is InChI=1S/C17H27NO/c1-5-17-15(8-9-19-17)16(18-4)11-14-7-6-12(2)13(3)10-14/h6-7,10,15-18H,5,8-9,11H2,1-4H3. The number of hydrogen-bond donors (Lipinski definition) is 1. The van der Waals surface area contributed by atoms with Crippen molar-refractivity contribution in [3.8, 4) is 0 Å². The van der Waals surface area contributed by atoms with Crippen molar-refractivity contribution in [3.63, 3.8) is 0 Å². The lowest BCUT2D eigenvalue weighted by Crippen LogP contribution is -2.39. The average Bonchev–Trinajstić information content (AvgIpc) is 2.88. The van der Waals surface area contributed by atoms with Gasteiger partial charge in [0.25, 0.3) is 0 Å². The summed E-state index contributed by atoms with van der Waals surface area (Å²) < 4.78 is 5.84. The summed E-state index contributed by atoms with van der Waals surface area (Å²) in [5, 5.41) is 3.51. The molecule has 19 heavy (non-hydrogen) atoms. The van der Waals surface area contributed by atoms with E-state index in [0.29, 0.717) is 18.1 Å². The van der Waals surface area contributed by atoms with Crippen molar-refractivity contribution in [2.75, 3.05) is 13.7 Å². The number of aryl methyl sites for hydroxylation is 2. The third-order valence-corrected chi connectivity index (χ3v) is 4.58. The zero-order chi connectivity index (χ0) is 13.8. The third kappa shape index (κ3) is 3.37. The van der Waals surface area contributed by atoms with Crippen LogP contribution in [-0.2, 0) is 11.2 Å². The lowest BCUT2D eigenvalue weighted by Gasteiger charge is -2.27. The number of nitrogens with one attached hydrogen (secondary N) is 1. The predicted octanol–water partition coefficient (Wildman–Crippen LogP) is 3.25. The van der Waals surface area contributed by atoms with Crippen molar-refractivity contribution in [1.29, 1.82) is 0 Å². The van der Waals surface area contributed by atoms with Crippen LogP contribution in [-0.4, -0.2) is 25.8 Å². The van der Waals surface area contributed by atoms with Gasteiger partial charge in [-0.15, -0.1) is 0 Å². The number of rotatable bonds is 5. The van der Waals surface area contributed by atoms with Crippen LogP contribution in [0, 0.1) is 19.8 Å². The Labute approximate surface area is 117 Å². The summed E-state index contributed by atoms with van der Waals surface area (Å²) >= 11 is 0. The largest absolute Gasteiger partial charge is 0.378 e. The van der Waals surface area contributed by atoms with Gasteiger partial charge in [-0.05, 0) is 56.8 Å². The fourth-order valence-electron chi connectivity index (χ4n) is 3.20. The van der Waals surface area contributed by atoms with Crippen LogP contribution < -0.4 is 5.32 Å². The van der Waals surface area contributed by atoms with Crippen molar-refractivity contribution in [2.24, 2.45) is 5.92 Å². The van der Waals surface area contributed by atoms with E-state index in [4.69, 9.17) is 4.74 Å².